The van der Waals surface area contributed by atoms with Crippen LogP contribution in [-0.2, 0) is 24.8 Å². The van der Waals surface area contributed by atoms with Crippen LogP contribution in [0.2, 0.25) is 0 Å². The minimum atomic E-state index is -3.21. The van der Waals surface area contributed by atoms with E-state index in [1.807, 2.05) is 76.2 Å². The van der Waals surface area contributed by atoms with E-state index in [-0.39, 0.29) is 0 Å². The number of rotatable bonds is 18. The Morgan fingerprint density at radius 1 is 0.536 bits per heavy atom. The van der Waals surface area contributed by atoms with Crippen LogP contribution in [0.3, 0.4) is 0 Å². The Kier molecular flexibility index (Phi) is 13.4. The quantitative estimate of drug-likeness (QED) is 0.0890. The Hall–Kier alpha value is -4.45. The Balaban J connectivity index is 1.38. The van der Waals surface area contributed by atoms with E-state index in [4.69, 9.17) is 47.9 Å². The molecule has 2 aromatic heterocycles. The summed E-state index contributed by atoms with van der Waals surface area (Å²) in [4.78, 5) is 25.0. The van der Waals surface area contributed by atoms with Crippen molar-refractivity contribution in [2.45, 2.75) is 90.3 Å². The topological polar surface area (TPSA) is 130 Å². The summed E-state index contributed by atoms with van der Waals surface area (Å²) in [6, 6.07) is 15.5. The second-order valence-electron chi connectivity index (χ2n) is 14.3. The van der Waals surface area contributed by atoms with Crippen molar-refractivity contribution in [1.29, 1.82) is 0 Å². The molecule has 4 heterocycles. The van der Waals surface area contributed by atoms with Crippen LogP contribution in [0, 0.1) is 0 Å². The fraction of sp³-hybridized carbons (Fsp3) is 0.524. The highest BCUT2D eigenvalue weighted by Crippen LogP contribution is 2.49. The van der Waals surface area contributed by atoms with E-state index in [2.05, 4.69) is 9.80 Å². The molecule has 56 heavy (non-hydrogen) atoms. The Morgan fingerprint density at radius 2 is 0.893 bits per heavy atom. The molecular formula is C42H57N6O7P. The molecule has 0 bridgehead atoms. The van der Waals surface area contributed by atoms with Gasteiger partial charge in [-0.3, -0.25) is 13.6 Å². The number of nitrogens with zero attached hydrogens (tertiary/aromatic N) is 6. The highest BCUT2D eigenvalue weighted by Gasteiger charge is 2.41. The van der Waals surface area contributed by atoms with E-state index >= 15 is 0 Å². The van der Waals surface area contributed by atoms with Gasteiger partial charge in [-0.05, 0) is 87.8 Å². The molecule has 0 aliphatic carbocycles. The van der Waals surface area contributed by atoms with E-state index in [0.717, 1.165) is 74.6 Å². The fourth-order valence-electron chi connectivity index (χ4n) is 7.63. The molecule has 0 N–H and O–H groups in total. The maximum Gasteiger partial charge on any atom is 0.321 e. The van der Waals surface area contributed by atoms with Crippen molar-refractivity contribution < 1.29 is 32.6 Å². The van der Waals surface area contributed by atoms with E-state index < -0.39 is 19.5 Å². The zero-order valence-corrected chi connectivity index (χ0v) is 35.1. The SMILES string of the molecule is CCC(CC)(O[PH](=O)OC(CC)(CC)c1nc(-c2ccc(OC)c(OC)c2)cc(N2CCCC2)n1)c1nc(-c2ccc(OC)c(OC)c2)cc(N2CCCC2)n1. The summed E-state index contributed by atoms with van der Waals surface area (Å²) in [5, 5.41) is 0. The summed E-state index contributed by atoms with van der Waals surface area (Å²) in [6.45, 7) is 11.6. The Bertz CT molecular complexity index is 1840. The van der Waals surface area contributed by atoms with Crippen molar-refractivity contribution in [2.24, 2.45) is 0 Å². The van der Waals surface area contributed by atoms with E-state index in [1.165, 1.54) is 0 Å². The molecule has 0 radical (unpaired) electrons. The van der Waals surface area contributed by atoms with Crippen LogP contribution in [0.15, 0.2) is 48.5 Å². The van der Waals surface area contributed by atoms with Crippen molar-refractivity contribution in [2.75, 3.05) is 64.4 Å². The molecule has 2 aliphatic heterocycles. The van der Waals surface area contributed by atoms with Gasteiger partial charge in [-0.2, -0.15) is 0 Å². The van der Waals surface area contributed by atoms with Crippen LogP contribution < -0.4 is 28.7 Å². The van der Waals surface area contributed by atoms with Crippen LogP contribution in [0.4, 0.5) is 11.6 Å². The molecular weight excluding hydrogens is 731 g/mol. The second kappa shape index (κ2) is 18.2. The summed E-state index contributed by atoms with van der Waals surface area (Å²) in [5.41, 5.74) is 0.890. The molecule has 4 aromatic rings. The van der Waals surface area contributed by atoms with Gasteiger partial charge in [0.05, 0.1) is 39.8 Å². The Morgan fingerprint density at radius 3 is 1.21 bits per heavy atom. The predicted molar refractivity (Wildman–Crippen MR) is 220 cm³/mol. The van der Waals surface area contributed by atoms with E-state index in [0.29, 0.717) is 71.7 Å². The summed E-state index contributed by atoms with van der Waals surface area (Å²) in [7, 11) is 3.25. The van der Waals surface area contributed by atoms with Crippen molar-refractivity contribution in [3.8, 4) is 45.5 Å². The first kappa shape index (κ1) is 41.2. The zero-order valence-electron chi connectivity index (χ0n) is 34.1. The molecule has 2 saturated heterocycles. The smallest absolute Gasteiger partial charge is 0.321 e. The minimum absolute atomic E-state index is 0.459. The van der Waals surface area contributed by atoms with E-state index in [9.17, 15) is 4.57 Å². The van der Waals surface area contributed by atoms with Gasteiger partial charge >= 0.3 is 8.25 Å². The van der Waals surface area contributed by atoms with Crippen molar-refractivity contribution in [3.63, 3.8) is 0 Å². The zero-order chi connectivity index (χ0) is 39.9. The third-order valence-corrected chi connectivity index (χ3v) is 12.4. The maximum absolute atomic E-state index is 14.5. The number of benzene rings is 2. The summed E-state index contributed by atoms with van der Waals surface area (Å²) in [6.07, 6.45) is 6.20. The van der Waals surface area contributed by atoms with Gasteiger partial charge in [-0.25, -0.2) is 19.9 Å². The third-order valence-electron chi connectivity index (χ3n) is 11.3. The minimum Gasteiger partial charge on any atom is -0.493 e. The lowest BCUT2D eigenvalue weighted by Crippen LogP contribution is -2.33. The first-order valence-electron chi connectivity index (χ1n) is 19.8. The molecule has 2 fully saturated rings. The number of anilines is 2. The molecule has 0 spiro atoms. The second-order valence-corrected chi connectivity index (χ2v) is 15.2. The van der Waals surface area contributed by atoms with Crippen molar-refractivity contribution in [3.05, 3.63) is 60.2 Å². The standard InChI is InChI=1S/C42H57N6O7P/c1-9-41(10-2,39-43-31(27-37(45-39)47-21-13-14-22-47)29-17-19-33(50-5)35(25-29)52-7)54-56(49)55-42(11-3,12-4)40-44-32(28-38(46-40)48-23-15-16-24-48)30-18-20-34(51-6)36(26-30)53-8/h17-20,25-28,56H,9-16,21-24H2,1-8H3. The third kappa shape index (κ3) is 8.45. The number of methoxy groups -OCH3 is 4. The highest BCUT2D eigenvalue weighted by atomic mass is 31.1. The van der Waals surface area contributed by atoms with Gasteiger partial charge in [0.15, 0.2) is 34.6 Å². The average Bonchev–Trinajstić information content (AvgIpc) is 4.00. The predicted octanol–water partition coefficient (Wildman–Crippen LogP) is 8.99. The van der Waals surface area contributed by atoms with Crippen LogP contribution in [0.5, 0.6) is 23.0 Å². The lowest BCUT2D eigenvalue weighted by molar-refractivity contribution is -0.00951. The van der Waals surface area contributed by atoms with Crippen LogP contribution in [0.1, 0.15) is 90.7 Å². The van der Waals surface area contributed by atoms with Gasteiger partial charge < -0.3 is 28.7 Å². The molecule has 14 heteroatoms. The fourth-order valence-corrected chi connectivity index (χ4v) is 9.07. The number of aromatic nitrogens is 4. The molecule has 0 atom stereocenters. The largest absolute Gasteiger partial charge is 0.493 e. The van der Waals surface area contributed by atoms with Crippen LogP contribution in [-0.4, -0.2) is 74.6 Å². The lowest BCUT2D eigenvalue weighted by Gasteiger charge is -2.35. The van der Waals surface area contributed by atoms with Gasteiger partial charge in [0, 0.05) is 49.4 Å². The van der Waals surface area contributed by atoms with Gasteiger partial charge in [0.1, 0.15) is 22.8 Å². The van der Waals surface area contributed by atoms with Crippen LogP contribution >= 0.6 is 8.25 Å². The Labute approximate surface area is 332 Å². The van der Waals surface area contributed by atoms with Gasteiger partial charge in [-0.15, -0.1) is 0 Å². The van der Waals surface area contributed by atoms with Crippen molar-refractivity contribution in [1.82, 2.24) is 19.9 Å². The number of hydrogen-bond donors (Lipinski definition) is 0. The first-order valence-corrected chi connectivity index (χ1v) is 21.1. The summed E-state index contributed by atoms with van der Waals surface area (Å²) >= 11 is 0. The van der Waals surface area contributed by atoms with Crippen molar-refractivity contribution >= 4 is 19.9 Å². The normalized spacial score (nSPS) is 14.8. The molecule has 13 nitrogen and oxygen atoms in total. The first-order chi connectivity index (χ1) is 27.2. The monoisotopic (exact) mass is 788 g/mol. The summed E-state index contributed by atoms with van der Waals surface area (Å²) in [5.74, 6) is 4.98. The molecule has 0 amide bonds. The molecule has 302 valence electrons. The molecule has 2 aromatic carbocycles. The molecule has 0 saturated carbocycles. The molecule has 0 unspecified atom stereocenters. The van der Waals surface area contributed by atoms with E-state index in [1.54, 1.807) is 28.4 Å². The molecule has 6 rings (SSSR count). The average molecular weight is 789 g/mol. The highest BCUT2D eigenvalue weighted by molar-refractivity contribution is 7.33. The van der Waals surface area contributed by atoms with Gasteiger partial charge in [0.2, 0.25) is 0 Å². The lowest BCUT2D eigenvalue weighted by atomic mass is 9.96. The number of ether oxygens (including phenoxy) is 4. The maximum atomic E-state index is 14.5. The van der Waals surface area contributed by atoms with Gasteiger partial charge in [-0.1, -0.05) is 27.7 Å². The van der Waals surface area contributed by atoms with Gasteiger partial charge in [0.25, 0.3) is 0 Å². The van der Waals surface area contributed by atoms with Crippen LogP contribution in [0.25, 0.3) is 22.5 Å². The summed E-state index contributed by atoms with van der Waals surface area (Å²) < 4.78 is 50.0. The molecule has 2 aliphatic rings. The number of hydrogen-bond acceptors (Lipinski definition) is 13.